The predicted molar refractivity (Wildman–Crippen MR) is 83.9 cm³/mol. The molecule has 0 bridgehead atoms. The molecule has 2 rings (SSSR count). The summed E-state index contributed by atoms with van der Waals surface area (Å²) >= 11 is 0. The highest BCUT2D eigenvalue weighted by Crippen LogP contribution is 2.28. The molecule has 1 aromatic heterocycles. The molecule has 1 fully saturated rings. The number of nitrogens with one attached hydrogen (secondary N) is 1. The van der Waals surface area contributed by atoms with Gasteiger partial charge >= 0.3 is 0 Å². The van der Waals surface area contributed by atoms with E-state index in [0.29, 0.717) is 6.04 Å². The zero-order valence-corrected chi connectivity index (χ0v) is 13.1. The number of anilines is 1. The number of rotatable bonds is 6. The van der Waals surface area contributed by atoms with E-state index in [1.54, 1.807) is 0 Å². The van der Waals surface area contributed by atoms with E-state index >= 15 is 0 Å². The Morgan fingerprint density at radius 1 is 1.30 bits per heavy atom. The number of hydrogen-bond donors (Lipinski definition) is 1. The van der Waals surface area contributed by atoms with Crippen LogP contribution in [-0.2, 0) is 6.54 Å². The Balaban J connectivity index is 1.91. The topological polar surface area (TPSA) is 41.1 Å². The fourth-order valence-corrected chi connectivity index (χ4v) is 2.96. The van der Waals surface area contributed by atoms with Gasteiger partial charge in [-0.2, -0.15) is 0 Å². The summed E-state index contributed by atoms with van der Waals surface area (Å²) in [4.78, 5) is 11.4. The summed E-state index contributed by atoms with van der Waals surface area (Å²) in [5.41, 5.74) is 1.02. The van der Waals surface area contributed by atoms with Gasteiger partial charge in [-0.3, -0.25) is 4.98 Å². The lowest BCUT2D eigenvalue weighted by Gasteiger charge is -2.34. The third kappa shape index (κ3) is 4.17. The molecule has 2 unspecified atom stereocenters. The van der Waals surface area contributed by atoms with Crippen molar-refractivity contribution in [1.29, 1.82) is 0 Å². The molecule has 1 N–H and O–H groups in total. The zero-order chi connectivity index (χ0) is 14.4. The quantitative estimate of drug-likeness (QED) is 0.811. The van der Waals surface area contributed by atoms with Crippen molar-refractivity contribution in [1.82, 2.24) is 15.3 Å². The van der Waals surface area contributed by atoms with Crippen LogP contribution in [0.25, 0.3) is 0 Å². The summed E-state index contributed by atoms with van der Waals surface area (Å²) in [5.74, 6) is 1.84. The Kier molecular flexibility index (Phi) is 5.77. The molecule has 1 saturated carbocycles. The van der Waals surface area contributed by atoms with Gasteiger partial charge in [-0.15, -0.1) is 0 Å². The third-order valence-electron chi connectivity index (χ3n) is 4.24. The lowest BCUT2D eigenvalue weighted by molar-refractivity contribution is 0.335. The Morgan fingerprint density at radius 3 is 2.80 bits per heavy atom. The first-order chi connectivity index (χ1) is 9.70. The van der Waals surface area contributed by atoms with Gasteiger partial charge in [0.1, 0.15) is 5.82 Å². The first-order valence-corrected chi connectivity index (χ1v) is 7.95. The fraction of sp³-hybridized carbons (Fsp3) is 0.750. The molecule has 1 heterocycles. The summed E-state index contributed by atoms with van der Waals surface area (Å²) in [6.07, 6.45) is 10.2. The van der Waals surface area contributed by atoms with E-state index in [1.807, 2.05) is 12.4 Å². The van der Waals surface area contributed by atoms with Crippen molar-refractivity contribution < 1.29 is 0 Å². The minimum Gasteiger partial charge on any atom is -0.355 e. The number of nitrogens with zero attached hydrogens (tertiary/aromatic N) is 3. The molecule has 0 aromatic carbocycles. The normalized spacial score (nSPS) is 22.8. The van der Waals surface area contributed by atoms with Gasteiger partial charge in [0.05, 0.1) is 18.1 Å². The van der Waals surface area contributed by atoms with Crippen molar-refractivity contribution in [3.05, 3.63) is 18.1 Å². The summed E-state index contributed by atoms with van der Waals surface area (Å²) in [5, 5.41) is 3.35. The highest BCUT2D eigenvalue weighted by Gasteiger charge is 2.23. The predicted octanol–water partition coefficient (Wildman–Crippen LogP) is 2.99. The molecule has 2 atom stereocenters. The van der Waals surface area contributed by atoms with Gasteiger partial charge in [-0.05, 0) is 31.7 Å². The molecule has 4 nitrogen and oxygen atoms in total. The van der Waals surface area contributed by atoms with E-state index in [2.05, 4.69) is 41.1 Å². The van der Waals surface area contributed by atoms with Gasteiger partial charge in [0.2, 0.25) is 0 Å². The fourth-order valence-electron chi connectivity index (χ4n) is 2.96. The van der Waals surface area contributed by atoms with Crippen LogP contribution in [0.1, 0.15) is 51.6 Å². The van der Waals surface area contributed by atoms with Gasteiger partial charge in [-0.25, -0.2) is 4.98 Å². The second-order valence-electron chi connectivity index (χ2n) is 6.08. The second-order valence-corrected chi connectivity index (χ2v) is 6.08. The van der Waals surface area contributed by atoms with Gasteiger partial charge in [-0.1, -0.05) is 26.7 Å². The first kappa shape index (κ1) is 15.2. The van der Waals surface area contributed by atoms with Gasteiger partial charge < -0.3 is 10.2 Å². The van der Waals surface area contributed by atoms with Crippen LogP contribution in [0.5, 0.6) is 0 Å². The molecule has 1 aliphatic rings. The first-order valence-electron chi connectivity index (χ1n) is 7.95. The average molecular weight is 276 g/mol. The molecule has 0 radical (unpaired) electrons. The molecule has 1 aliphatic carbocycles. The Hall–Kier alpha value is -1.16. The molecule has 112 valence electrons. The molecular weight excluding hydrogens is 248 g/mol. The second kappa shape index (κ2) is 7.58. The van der Waals surface area contributed by atoms with Crippen molar-refractivity contribution in [3.63, 3.8) is 0 Å². The van der Waals surface area contributed by atoms with E-state index in [9.17, 15) is 0 Å². The monoisotopic (exact) mass is 276 g/mol. The zero-order valence-electron chi connectivity index (χ0n) is 13.1. The van der Waals surface area contributed by atoms with Crippen LogP contribution in [0.4, 0.5) is 5.82 Å². The van der Waals surface area contributed by atoms with Crippen molar-refractivity contribution in [2.24, 2.45) is 5.92 Å². The summed E-state index contributed by atoms with van der Waals surface area (Å²) < 4.78 is 0. The van der Waals surface area contributed by atoms with Crippen molar-refractivity contribution in [2.45, 2.75) is 58.5 Å². The SMILES string of the molecule is CCCNCc1cnc(N(C)C2CCCC(C)C2)cn1. The maximum Gasteiger partial charge on any atom is 0.147 e. The van der Waals surface area contributed by atoms with Gasteiger partial charge in [0.25, 0.3) is 0 Å². The lowest BCUT2D eigenvalue weighted by atomic mass is 9.86. The summed E-state index contributed by atoms with van der Waals surface area (Å²) in [7, 11) is 2.15. The van der Waals surface area contributed by atoms with Crippen LogP contribution in [-0.4, -0.2) is 29.6 Å². The number of aromatic nitrogens is 2. The van der Waals surface area contributed by atoms with Crippen LogP contribution < -0.4 is 10.2 Å². The smallest absolute Gasteiger partial charge is 0.147 e. The molecule has 1 aromatic rings. The Bertz CT molecular complexity index is 390. The van der Waals surface area contributed by atoms with Crippen LogP contribution in [0.3, 0.4) is 0 Å². The minimum absolute atomic E-state index is 0.622. The lowest BCUT2D eigenvalue weighted by Crippen LogP contribution is -2.36. The highest BCUT2D eigenvalue weighted by atomic mass is 15.2. The molecule has 4 heteroatoms. The Morgan fingerprint density at radius 2 is 2.15 bits per heavy atom. The molecule has 20 heavy (non-hydrogen) atoms. The van der Waals surface area contributed by atoms with Crippen molar-refractivity contribution >= 4 is 5.82 Å². The van der Waals surface area contributed by atoms with E-state index < -0.39 is 0 Å². The highest BCUT2D eigenvalue weighted by molar-refractivity contribution is 5.36. The van der Waals surface area contributed by atoms with Crippen LogP contribution >= 0.6 is 0 Å². The van der Waals surface area contributed by atoms with Crippen molar-refractivity contribution in [2.75, 3.05) is 18.5 Å². The molecule has 0 aliphatic heterocycles. The maximum absolute atomic E-state index is 4.58. The van der Waals surface area contributed by atoms with E-state index in [-0.39, 0.29) is 0 Å². The molecule has 0 spiro atoms. The molecule has 0 saturated heterocycles. The standard InChI is InChI=1S/C16H28N4/c1-4-8-17-10-14-11-19-16(12-18-14)20(3)15-7-5-6-13(2)9-15/h11-13,15,17H,4-10H2,1-3H3. The molecular formula is C16H28N4. The maximum atomic E-state index is 4.58. The van der Waals surface area contributed by atoms with E-state index in [4.69, 9.17) is 0 Å². The molecule has 0 amide bonds. The van der Waals surface area contributed by atoms with Crippen molar-refractivity contribution in [3.8, 4) is 0 Å². The third-order valence-corrected chi connectivity index (χ3v) is 4.24. The average Bonchev–Trinajstić information content (AvgIpc) is 2.47. The largest absolute Gasteiger partial charge is 0.355 e. The van der Waals surface area contributed by atoms with Crippen LogP contribution in [0.15, 0.2) is 12.4 Å². The van der Waals surface area contributed by atoms with E-state index in [0.717, 1.165) is 36.9 Å². The summed E-state index contributed by atoms with van der Waals surface area (Å²) in [6.45, 7) is 6.37. The van der Waals surface area contributed by atoms with Gasteiger partial charge in [0, 0.05) is 19.6 Å². The number of hydrogen-bond acceptors (Lipinski definition) is 4. The van der Waals surface area contributed by atoms with Crippen LogP contribution in [0, 0.1) is 5.92 Å². The minimum atomic E-state index is 0.622. The van der Waals surface area contributed by atoms with Crippen LogP contribution in [0.2, 0.25) is 0 Å². The Labute approximate surface area is 123 Å². The summed E-state index contributed by atoms with van der Waals surface area (Å²) in [6, 6.07) is 0.622. The van der Waals surface area contributed by atoms with E-state index in [1.165, 1.54) is 25.7 Å². The van der Waals surface area contributed by atoms with Gasteiger partial charge in [0.15, 0.2) is 0 Å².